The van der Waals surface area contributed by atoms with Crippen LogP contribution >= 0.6 is 0 Å². The zero-order valence-corrected chi connectivity index (χ0v) is 13.0. The smallest absolute Gasteiger partial charge is 0.137 e. The number of aromatic nitrogens is 2. The summed E-state index contributed by atoms with van der Waals surface area (Å²) < 4.78 is 14.9. The number of rotatable bonds is 6. The molecule has 0 aliphatic rings. The van der Waals surface area contributed by atoms with Gasteiger partial charge in [-0.05, 0) is 43.2 Å². The van der Waals surface area contributed by atoms with Crippen LogP contribution in [-0.2, 0) is 6.54 Å². The van der Waals surface area contributed by atoms with Crippen molar-refractivity contribution >= 4 is 5.65 Å². The maximum atomic E-state index is 12.9. The third-order valence-electron chi connectivity index (χ3n) is 3.88. The molecule has 0 radical (unpaired) electrons. The van der Waals surface area contributed by atoms with Crippen molar-refractivity contribution < 1.29 is 9.50 Å². The largest absolute Gasteiger partial charge is 0.388 e. The predicted octanol–water partition coefficient (Wildman–Crippen LogP) is 3.08. The number of pyridine rings is 1. The number of halogens is 1. The fourth-order valence-corrected chi connectivity index (χ4v) is 2.59. The molecule has 1 aromatic carbocycles. The Morgan fingerprint density at radius 3 is 2.74 bits per heavy atom. The lowest BCUT2D eigenvalue weighted by molar-refractivity contribution is 0.153. The molecule has 0 spiro atoms. The molecule has 0 saturated heterocycles. The molecule has 0 aliphatic heterocycles. The summed E-state index contributed by atoms with van der Waals surface area (Å²) in [4.78, 5) is 4.53. The quantitative estimate of drug-likeness (QED) is 0.735. The second-order valence-electron chi connectivity index (χ2n) is 5.78. The van der Waals surface area contributed by atoms with Gasteiger partial charge in [0.05, 0.1) is 11.8 Å². The molecule has 23 heavy (non-hydrogen) atoms. The minimum absolute atomic E-state index is 0.111. The van der Waals surface area contributed by atoms with Gasteiger partial charge in [0.15, 0.2) is 0 Å². The minimum atomic E-state index is -0.612. The second-order valence-corrected chi connectivity index (χ2v) is 5.78. The van der Waals surface area contributed by atoms with Crippen LogP contribution in [0.3, 0.4) is 0 Å². The van der Waals surface area contributed by atoms with E-state index >= 15 is 0 Å². The van der Waals surface area contributed by atoms with E-state index in [4.69, 9.17) is 0 Å². The molecule has 0 amide bonds. The highest BCUT2D eigenvalue weighted by Crippen LogP contribution is 2.18. The van der Waals surface area contributed by atoms with Crippen LogP contribution in [-0.4, -0.2) is 20.5 Å². The molecular weight excluding hydrogens is 293 g/mol. The van der Waals surface area contributed by atoms with E-state index in [2.05, 4.69) is 10.3 Å². The van der Waals surface area contributed by atoms with Gasteiger partial charge in [-0.2, -0.15) is 0 Å². The first-order valence-corrected chi connectivity index (χ1v) is 7.71. The van der Waals surface area contributed by atoms with E-state index in [1.54, 1.807) is 12.1 Å². The van der Waals surface area contributed by atoms with Crippen LogP contribution in [0.2, 0.25) is 0 Å². The van der Waals surface area contributed by atoms with E-state index in [1.165, 1.54) is 12.1 Å². The first kappa shape index (κ1) is 15.6. The second kappa shape index (κ2) is 6.89. The summed E-state index contributed by atoms with van der Waals surface area (Å²) in [6.45, 7) is 2.65. The van der Waals surface area contributed by atoms with Gasteiger partial charge in [-0.25, -0.2) is 9.37 Å². The van der Waals surface area contributed by atoms with E-state index in [9.17, 15) is 9.50 Å². The molecule has 0 bridgehead atoms. The first-order chi connectivity index (χ1) is 11.1. The lowest BCUT2D eigenvalue weighted by Gasteiger charge is -2.17. The standard InChI is InChI=1S/C18H20FN3O/c1-13(10-17(23)14-5-7-15(19)8-6-14)20-11-16-12-22-9-3-2-4-18(22)21-16/h2-9,12-13,17,20,23H,10-11H2,1H3/t13-,17+/m1/s1. The Hall–Kier alpha value is -2.24. The number of hydrogen-bond donors (Lipinski definition) is 2. The van der Waals surface area contributed by atoms with Crippen molar-refractivity contribution in [2.75, 3.05) is 0 Å². The number of hydrogen-bond acceptors (Lipinski definition) is 3. The molecule has 0 unspecified atom stereocenters. The van der Waals surface area contributed by atoms with Crippen molar-refractivity contribution in [1.82, 2.24) is 14.7 Å². The monoisotopic (exact) mass is 313 g/mol. The Labute approximate surface area is 134 Å². The zero-order chi connectivity index (χ0) is 16.2. The van der Waals surface area contributed by atoms with Crippen LogP contribution in [0.1, 0.15) is 30.7 Å². The highest BCUT2D eigenvalue weighted by atomic mass is 19.1. The SMILES string of the molecule is C[C@H](C[C@H](O)c1ccc(F)cc1)NCc1cn2ccccc2n1. The van der Waals surface area contributed by atoms with Gasteiger partial charge in [0.1, 0.15) is 11.5 Å². The first-order valence-electron chi connectivity index (χ1n) is 7.71. The van der Waals surface area contributed by atoms with Gasteiger partial charge in [0.2, 0.25) is 0 Å². The molecule has 3 aromatic rings. The van der Waals surface area contributed by atoms with Crippen molar-refractivity contribution in [3.8, 4) is 0 Å². The highest BCUT2D eigenvalue weighted by molar-refractivity contribution is 5.39. The van der Waals surface area contributed by atoms with Gasteiger partial charge in [0, 0.05) is 25.0 Å². The number of fused-ring (bicyclic) bond motifs is 1. The number of aliphatic hydroxyl groups excluding tert-OH is 1. The van der Waals surface area contributed by atoms with Crippen LogP contribution in [0.25, 0.3) is 5.65 Å². The highest BCUT2D eigenvalue weighted by Gasteiger charge is 2.13. The zero-order valence-electron chi connectivity index (χ0n) is 13.0. The van der Waals surface area contributed by atoms with Gasteiger partial charge in [-0.1, -0.05) is 18.2 Å². The Morgan fingerprint density at radius 2 is 2.00 bits per heavy atom. The van der Waals surface area contributed by atoms with Crippen LogP contribution < -0.4 is 5.32 Å². The van der Waals surface area contributed by atoms with E-state index in [0.717, 1.165) is 16.9 Å². The molecule has 4 nitrogen and oxygen atoms in total. The fraction of sp³-hybridized carbons (Fsp3) is 0.278. The van der Waals surface area contributed by atoms with Gasteiger partial charge in [-0.3, -0.25) is 0 Å². The lowest BCUT2D eigenvalue weighted by Crippen LogP contribution is -2.27. The maximum absolute atomic E-state index is 12.9. The van der Waals surface area contributed by atoms with Crippen molar-refractivity contribution in [2.24, 2.45) is 0 Å². The number of nitrogens with zero attached hydrogens (tertiary/aromatic N) is 2. The molecule has 2 aromatic heterocycles. The average molecular weight is 313 g/mol. The number of nitrogens with one attached hydrogen (secondary N) is 1. The molecule has 3 rings (SSSR count). The molecule has 120 valence electrons. The van der Waals surface area contributed by atoms with E-state index in [-0.39, 0.29) is 11.9 Å². The molecule has 2 heterocycles. The van der Waals surface area contributed by atoms with Crippen molar-refractivity contribution in [2.45, 2.75) is 32.0 Å². The summed E-state index contributed by atoms with van der Waals surface area (Å²) in [5.41, 5.74) is 2.61. The number of benzene rings is 1. The molecule has 0 fully saturated rings. The Balaban J connectivity index is 1.54. The molecule has 2 atom stereocenters. The molecule has 2 N–H and O–H groups in total. The summed E-state index contributed by atoms with van der Waals surface area (Å²) in [7, 11) is 0. The number of imidazole rings is 1. The molecule has 0 saturated carbocycles. The topological polar surface area (TPSA) is 49.6 Å². The molecular formula is C18H20FN3O. The van der Waals surface area contributed by atoms with Gasteiger partial charge in [0.25, 0.3) is 0 Å². The van der Waals surface area contributed by atoms with Crippen molar-refractivity contribution in [3.63, 3.8) is 0 Å². The third kappa shape index (κ3) is 3.94. The lowest BCUT2D eigenvalue weighted by atomic mass is 10.0. The average Bonchev–Trinajstić information content (AvgIpc) is 2.96. The third-order valence-corrected chi connectivity index (χ3v) is 3.88. The fourth-order valence-electron chi connectivity index (χ4n) is 2.59. The van der Waals surface area contributed by atoms with Crippen LogP contribution in [0.4, 0.5) is 4.39 Å². The summed E-state index contributed by atoms with van der Waals surface area (Å²) >= 11 is 0. The Kier molecular flexibility index (Phi) is 4.69. The van der Waals surface area contributed by atoms with Gasteiger partial charge in [-0.15, -0.1) is 0 Å². The van der Waals surface area contributed by atoms with E-state index in [0.29, 0.717) is 13.0 Å². The Morgan fingerprint density at radius 1 is 1.22 bits per heavy atom. The summed E-state index contributed by atoms with van der Waals surface area (Å²) in [5, 5.41) is 13.6. The predicted molar refractivity (Wildman–Crippen MR) is 87.5 cm³/mol. The van der Waals surface area contributed by atoms with Crippen LogP contribution in [0.5, 0.6) is 0 Å². The van der Waals surface area contributed by atoms with Crippen LogP contribution in [0.15, 0.2) is 54.9 Å². The Bertz CT molecular complexity index is 736. The summed E-state index contributed by atoms with van der Waals surface area (Å²) in [6.07, 6.45) is 3.90. The number of aliphatic hydroxyl groups is 1. The van der Waals surface area contributed by atoms with E-state index < -0.39 is 6.10 Å². The van der Waals surface area contributed by atoms with Crippen molar-refractivity contribution in [3.05, 3.63) is 71.9 Å². The van der Waals surface area contributed by atoms with Crippen molar-refractivity contribution in [1.29, 1.82) is 0 Å². The maximum Gasteiger partial charge on any atom is 0.137 e. The van der Waals surface area contributed by atoms with Gasteiger partial charge >= 0.3 is 0 Å². The minimum Gasteiger partial charge on any atom is -0.388 e. The van der Waals surface area contributed by atoms with Gasteiger partial charge < -0.3 is 14.8 Å². The van der Waals surface area contributed by atoms with Crippen LogP contribution in [0, 0.1) is 5.82 Å². The normalized spacial score (nSPS) is 14.0. The molecule has 5 heteroatoms. The summed E-state index contributed by atoms with van der Waals surface area (Å²) in [5.74, 6) is -0.293. The van der Waals surface area contributed by atoms with E-state index in [1.807, 2.05) is 41.9 Å². The molecule has 0 aliphatic carbocycles. The summed E-state index contributed by atoms with van der Waals surface area (Å²) in [6, 6.07) is 12.0.